The lowest BCUT2D eigenvalue weighted by atomic mass is 9.81. The maximum atomic E-state index is 12.6. The number of halogens is 3. The third kappa shape index (κ3) is 3.57. The van der Waals surface area contributed by atoms with Crippen LogP contribution in [0.15, 0.2) is 12.2 Å². The molecule has 7 heteroatoms. The van der Waals surface area contributed by atoms with Crippen LogP contribution in [0.1, 0.15) is 25.7 Å². The number of carboxylic acid groups (broad SMARTS) is 1. The largest absolute Gasteiger partial charge is 0.481 e. The number of piperidine rings is 1. The van der Waals surface area contributed by atoms with E-state index in [0.29, 0.717) is 12.8 Å². The maximum absolute atomic E-state index is 12.6. The molecule has 1 aliphatic carbocycles. The number of allylic oxidation sites excluding steroid dienone is 2. The molecule has 2 atom stereocenters. The molecule has 0 aromatic rings. The summed E-state index contributed by atoms with van der Waals surface area (Å²) in [4.78, 5) is 24.9. The number of carbonyl (C=O) groups excluding carboxylic acids is 1. The summed E-state index contributed by atoms with van der Waals surface area (Å²) in [7, 11) is 0. The van der Waals surface area contributed by atoms with Crippen molar-refractivity contribution in [2.45, 2.75) is 31.9 Å². The minimum absolute atomic E-state index is 0.0512. The third-order valence-electron chi connectivity index (χ3n) is 4.34. The van der Waals surface area contributed by atoms with Crippen LogP contribution in [0.2, 0.25) is 0 Å². The molecule has 2 aliphatic rings. The SMILES string of the molecule is O=C(O)C1CC=CCC1C(=O)N1CCC(C(F)(F)F)CC1. The van der Waals surface area contributed by atoms with Crippen LogP contribution in [-0.4, -0.2) is 41.1 Å². The van der Waals surface area contributed by atoms with Gasteiger partial charge in [-0.1, -0.05) is 12.2 Å². The van der Waals surface area contributed by atoms with Crippen LogP contribution in [0.5, 0.6) is 0 Å². The Bertz CT molecular complexity index is 439. The van der Waals surface area contributed by atoms with Crippen LogP contribution >= 0.6 is 0 Å². The molecule has 2 unspecified atom stereocenters. The van der Waals surface area contributed by atoms with Gasteiger partial charge in [0, 0.05) is 13.1 Å². The Morgan fingerprint density at radius 1 is 1.05 bits per heavy atom. The molecule has 0 bridgehead atoms. The quantitative estimate of drug-likeness (QED) is 0.797. The molecule has 118 valence electrons. The van der Waals surface area contributed by atoms with Crippen molar-refractivity contribution in [3.05, 3.63) is 12.2 Å². The van der Waals surface area contributed by atoms with Gasteiger partial charge in [0.05, 0.1) is 17.8 Å². The lowest BCUT2D eigenvalue weighted by molar-refractivity contribution is -0.187. The van der Waals surface area contributed by atoms with Crippen LogP contribution in [0.25, 0.3) is 0 Å². The summed E-state index contributed by atoms with van der Waals surface area (Å²) in [6.45, 7) is 0.102. The molecule has 0 saturated carbocycles. The predicted molar refractivity (Wildman–Crippen MR) is 68.3 cm³/mol. The molecule has 1 N–H and O–H groups in total. The zero-order valence-corrected chi connectivity index (χ0v) is 11.5. The van der Waals surface area contributed by atoms with E-state index in [1.807, 2.05) is 0 Å². The number of rotatable bonds is 2. The summed E-state index contributed by atoms with van der Waals surface area (Å²) in [5.41, 5.74) is 0. The van der Waals surface area contributed by atoms with E-state index >= 15 is 0 Å². The molecular formula is C14H18F3NO3. The summed E-state index contributed by atoms with van der Waals surface area (Å²) in [6, 6.07) is 0. The number of nitrogens with zero attached hydrogens (tertiary/aromatic N) is 1. The number of hydrogen-bond donors (Lipinski definition) is 1. The average molecular weight is 305 g/mol. The lowest BCUT2D eigenvalue weighted by Crippen LogP contribution is -2.47. The minimum Gasteiger partial charge on any atom is -0.481 e. The van der Waals surface area contributed by atoms with E-state index in [0.717, 1.165) is 0 Å². The molecular weight excluding hydrogens is 287 g/mol. The summed E-state index contributed by atoms with van der Waals surface area (Å²) in [6.07, 6.45) is -0.278. The fourth-order valence-corrected chi connectivity index (χ4v) is 3.02. The minimum atomic E-state index is -4.22. The van der Waals surface area contributed by atoms with Crippen molar-refractivity contribution in [1.82, 2.24) is 4.90 Å². The molecule has 1 amide bonds. The van der Waals surface area contributed by atoms with E-state index in [2.05, 4.69) is 0 Å². The number of alkyl halides is 3. The zero-order chi connectivity index (χ0) is 15.6. The van der Waals surface area contributed by atoms with Gasteiger partial charge in [-0.05, 0) is 25.7 Å². The number of hydrogen-bond acceptors (Lipinski definition) is 2. The first-order valence-electron chi connectivity index (χ1n) is 7.04. The highest BCUT2D eigenvalue weighted by Crippen LogP contribution is 2.35. The van der Waals surface area contributed by atoms with Crippen LogP contribution in [-0.2, 0) is 9.59 Å². The number of carbonyl (C=O) groups is 2. The fourth-order valence-electron chi connectivity index (χ4n) is 3.02. The van der Waals surface area contributed by atoms with Gasteiger partial charge in [-0.2, -0.15) is 13.2 Å². The number of amides is 1. The smallest absolute Gasteiger partial charge is 0.391 e. The summed E-state index contributed by atoms with van der Waals surface area (Å²) in [5, 5.41) is 9.15. The van der Waals surface area contributed by atoms with E-state index in [1.165, 1.54) is 4.90 Å². The van der Waals surface area contributed by atoms with E-state index in [9.17, 15) is 22.8 Å². The second-order valence-electron chi connectivity index (χ2n) is 5.64. The summed E-state index contributed by atoms with van der Waals surface area (Å²) >= 11 is 0. The van der Waals surface area contributed by atoms with Gasteiger partial charge in [-0.25, -0.2) is 0 Å². The standard InChI is InChI=1S/C14H18F3NO3/c15-14(16,17)9-5-7-18(8-6-9)12(19)10-3-1-2-4-11(10)13(20)21/h1-2,9-11H,3-8H2,(H,20,21). The van der Waals surface area contributed by atoms with Crippen LogP contribution in [0, 0.1) is 17.8 Å². The van der Waals surface area contributed by atoms with Gasteiger partial charge < -0.3 is 10.0 Å². The van der Waals surface area contributed by atoms with Crippen LogP contribution < -0.4 is 0 Å². The van der Waals surface area contributed by atoms with Gasteiger partial charge in [0.25, 0.3) is 0 Å². The average Bonchev–Trinajstić information content (AvgIpc) is 2.45. The topological polar surface area (TPSA) is 57.6 Å². The second-order valence-corrected chi connectivity index (χ2v) is 5.64. The zero-order valence-electron chi connectivity index (χ0n) is 11.5. The predicted octanol–water partition coefficient (Wildman–Crippen LogP) is 2.45. The lowest BCUT2D eigenvalue weighted by Gasteiger charge is -2.36. The molecule has 2 rings (SSSR count). The van der Waals surface area contributed by atoms with Gasteiger partial charge in [0.15, 0.2) is 0 Å². The molecule has 1 heterocycles. The Kier molecular flexibility index (Phi) is 4.58. The maximum Gasteiger partial charge on any atom is 0.391 e. The van der Waals surface area contributed by atoms with E-state index in [4.69, 9.17) is 5.11 Å². The first-order valence-corrected chi connectivity index (χ1v) is 7.04. The van der Waals surface area contributed by atoms with Crippen molar-refractivity contribution in [2.75, 3.05) is 13.1 Å². The Morgan fingerprint density at radius 3 is 2.05 bits per heavy atom. The van der Waals surface area contributed by atoms with Crippen molar-refractivity contribution >= 4 is 11.9 Å². The van der Waals surface area contributed by atoms with E-state index in [1.54, 1.807) is 12.2 Å². The highest BCUT2D eigenvalue weighted by molar-refractivity contribution is 5.85. The Hall–Kier alpha value is -1.53. The third-order valence-corrected chi connectivity index (χ3v) is 4.34. The van der Waals surface area contributed by atoms with Crippen LogP contribution in [0.4, 0.5) is 13.2 Å². The number of carboxylic acids is 1. The molecule has 1 saturated heterocycles. The molecule has 4 nitrogen and oxygen atoms in total. The first kappa shape index (κ1) is 15.9. The van der Waals surface area contributed by atoms with Gasteiger partial charge in [-0.15, -0.1) is 0 Å². The van der Waals surface area contributed by atoms with Gasteiger partial charge >= 0.3 is 12.1 Å². The second kappa shape index (κ2) is 6.07. The fraction of sp³-hybridized carbons (Fsp3) is 0.714. The Labute approximate surface area is 120 Å². The van der Waals surface area contributed by atoms with Crippen molar-refractivity contribution in [1.29, 1.82) is 0 Å². The van der Waals surface area contributed by atoms with Gasteiger partial charge in [-0.3, -0.25) is 9.59 Å². The Balaban J connectivity index is 1.98. The molecule has 1 fully saturated rings. The number of aliphatic carboxylic acids is 1. The van der Waals surface area contributed by atoms with Crippen molar-refractivity contribution in [3.63, 3.8) is 0 Å². The molecule has 0 spiro atoms. The van der Waals surface area contributed by atoms with Gasteiger partial charge in [0.2, 0.25) is 5.91 Å². The van der Waals surface area contributed by atoms with Crippen molar-refractivity contribution in [3.8, 4) is 0 Å². The molecule has 0 aromatic heterocycles. The highest BCUT2D eigenvalue weighted by atomic mass is 19.4. The van der Waals surface area contributed by atoms with Crippen LogP contribution in [0.3, 0.4) is 0 Å². The molecule has 21 heavy (non-hydrogen) atoms. The monoisotopic (exact) mass is 305 g/mol. The summed E-state index contributed by atoms with van der Waals surface area (Å²) in [5.74, 6) is -4.14. The number of likely N-dealkylation sites (tertiary alicyclic amines) is 1. The highest BCUT2D eigenvalue weighted by Gasteiger charge is 2.43. The normalized spacial score (nSPS) is 27.7. The van der Waals surface area contributed by atoms with Crippen molar-refractivity contribution in [2.24, 2.45) is 17.8 Å². The van der Waals surface area contributed by atoms with E-state index in [-0.39, 0.29) is 31.8 Å². The molecule has 0 radical (unpaired) electrons. The summed E-state index contributed by atoms with van der Waals surface area (Å²) < 4.78 is 37.8. The van der Waals surface area contributed by atoms with Gasteiger partial charge in [0.1, 0.15) is 0 Å². The van der Waals surface area contributed by atoms with E-state index < -0.39 is 29.9 Å². The molecule has 0 aromatic carbocycles. The van der Waals surface area contributed by atoms with Crippen molar-refractivity contribution < 1.29 is 27.9 Å². The molecule has 1 aliphatic heterocycles. The first-order chi connectivity index (χ1) is 9.80. The Morgan fingerprint density at radius 2 is 1.57 bits per heavy atom.